The molecule has 0 bridgehead atoms. The van der Waals surface area contributed by atoms with Crippen LogP contribution in [0, 0.1) is 18.2 Å². The molecular weight excluding hydrogens is 227 g/mol. The summed E-state index contributed by atoms with van der Waals surface area (Å²) >= 11 is 0. The van der Waals surface area contributed by atoms with Gasteiger partial charge in [0.05, 0.1) is 11.4 Å². The zero-order chi connectivity index (χ0) is 13.2. The Morgan fingerprint density at radius 2 is 1.94 bits per heavy atom. The Bertz CT molecular complexity index is 423. The van der Waals surface area contributed by atoms with Crippen molar-refractivity contribution in [3.05, 3.63) is 23.5 Å². The number of nitrogen functional groups attached to an aromatic ring is 1. The first kappa shape index (κ1) is 13.2. The van der Waals surface area contributed by atoms with Gasteiger partial charge in [0.15, 0.2) is 0 Å². The smallest absolute Gasteiger partial charge is 0.128 e. The Morgan fingerprint density at radius 1 is 1.28 bits per heavy atom. The summed E-state index contributed by atoms with van der Waals surface area (Å²) in [5.74, 6) is -0.234. The average molecular weight is 250 g/mol. The molecule has 0 saturated heterocycles. The lowest BCUT2D eigenvalue weighted by Crippen LogP contribution is -2.29. The first-order valence-corrected chi connectivity index (χ1v) is 6.80. The maximum absolute atomic E-state index is 13.3. The topological polar surface area (TPSA) is 38.0 Å². The summed E-state index contributed by atoms with van der Waals surface area (Å²) in [5.41, 5.74) is 8.20. The third-order valence-corrected chi connectivity index (χ3v) is 4.10. The second-order valence-corrected chi connectivity index (χ2v) is 5.91. The molecule has 0 aliphatic heterocycles. The van der Waals surface area contributed by atoms with Crippen molar-refractivity contribution in [3.8, 4) is 0 Å². The molecule has 2 nitrogen and oxygen atoms in total. The highest BCUT2D eigenvalue weighted by atomic mass is 19.1. The number of hydrogen-bond donors (Lipinski definition) is 2. The van der Waals surface area contributed by atoms with E-state index >= 15 is 0 Å². The van der Waals surface area contributed by atoms with Gasteiger partial charge in [0.25, 0.3) is 0 Å². The van der Waals surface area contributed by atoms with E-state index in [0.29, 0.717) is 16.7 Å². The van der Waals surface area contributed by atoms with E-state index in [2.05, 4.69) is 12.2 Å². The van der Waals surface area contributed by atoms with Gasteiger partial charge < -0.3 is 11.1 Å². The minimum Gasteiger partial charge on any atom is -0.397 e. The SMILES string of the molecule is Cc1cc(NCC2(C)CCCCC2)c(N)cc1F. The van der Waals surface area contributed by atoms with Crippen molar-refractivity contribution in [1.29, 1.82) is 0 Å². The van der Waals surface area contributed by atoms with Crippen molar-refractivity contribution in [2.75, 3.05) is 17.6 Å². The maximum Gasteiger partial charge on any atom is 0.128 e. The molecule has 3 heteroatoms. The molecule has 1 saturated carbocycles. The highest BCUT2D eigenvalue weighted by Crippen LogP contribution is 2.36. The van der Waals surface area contributed by atoms with E-state index in [1.165, 1.54) is 38.2 Å². The number of hydrogen-bond acceptors (Lipinski definition) is 2. The fourth-order valence-electron chi connectivity index (χ4n) is 2.74. The van der Waals surface area contributed by atoms with Gasteiger partial charge >= 0.3 is 0 Å². The molecule has 1 aliphatic carbocycles. The van der Waals surface area contributed by atoms with Crippen LogP contribution in [0.4, 0.5) is 15.8 Å². The minimum absolute atomic E-state index is 0.234. The second kappa shape index (κ2) is 5.17. The molecule has 1 aromatic rings. The van der Waals surface area contributed by atoms with Gasteiger partial charge in [-0.2, -0.15) is 0 Å². The van der Waals surface area contributed by atoms with Gasteiger partial charge in [-0.05, 0) is 42.9 Å². The van der Waals surface area contributed by atoms with Crippen LogP contribution in [0.2, 0.25) is 0 Å². The number of benzene rings is 1. The normalized spacial score (nSPS) is 18.6. The molecule has 0 spiro atoms. The standard InChI is InChI=1S/C15H23FN2/c1-11-8-14(13(17)9-12(11)16)18-10-15(2)6-4-3-5-7-15/h8-9,18H,3-7,10,17H2,1-2H3. The molecule has 18 heavy (non-hydrogen) atoms. The minimum atomic E-state index is -0.234. The summed E-state index contributed by atoms with van der Waals surface area (Å²) in [6.45, 7) is 5.01. The summed E-state index contributed by atoms with van der Waals surface area (Å²) in [6.07, 6.45) is 6.51. The number of nitrogens with two attached hydrogens (primary N) is 1. The van der Waals surface area contributed by atoms with Crippen molar-refractivity contribution in [1.82, 2.24) is 0 Å². The lowest BCUT2D eigenvalue weighted by atomic mass is 9.75. The van der Waals surface area contributed by atoms with Crippen LogP contribution in [0.15, 0.2) is 12.1 Å². The summed E-state index contributed by atoms with van der Waals surface area (Å²) in [7, 11) is 0. The van der Waals surface area contributed by atoms with Crippen LogP contribution < -0.4 is 11.1 Å². The number of nitrogens with one attached hydrogen (secondary N) is 1. The van der Waals surface area contributed by atoms with Crippen molar-refractivity contribution >= 4 is 11.4 Å². The maximum atomic E-state index is 13.3. The Labute approximate surface area is 109 Å². The van der Waals surface area contributed by atoms with Gasteiger partial charge in [-0.3, -0.25) is 0 Å². The van der Waals surface area contributed by atoms with Gasteiger partial charge in [-0.1, -0.05) is 26.2 Å². The van der Waals surface area contributed by atoms with E-state index in [0.717, 1.165) is 12.2 Å². The zero-order valence-electron chi connectivity index (χ0n) is 11.4. The van der Waals surface area contributed by atoms with E-state index in [-0.39, 0.29) is 5.82 Å². The molecule has 2 rings (SSSR count). The van der Waals surface area contributed by atoms with Crippen molar-refractivity contribution in [3.63, 3.8) is 0 Å². The van der Waals surface area contributed by atoms with Crippen LogP contribution in [0.5, 0.6) is 0 Å². The molecule has 0 radical (unpaired) electrons. The molecular formula is C15H23FN2. The Balaban J connectivity index is 2.03. The summed E-state index contributed by atoms with van der Waals surface area (Å²) < 4.78 is 13.3. The van der Waals surface area contributed by atoms with E-state index in [9.17, 15) is 4.39 Å². The number of aryl methyl sites for hydroxylation is 1. The third kappa shape index (κ3) is 2.95. The monoisotopic (exact) mass is 250 g/mol. The Morgan fingerprint density at radius 3 is 2.61 bits per heavy atom. The van der Waals surface area contributed by atoms with E-state index < -0.39 is 0 Å². The van der Waals surface area contributed by atoms with Gasteiger partial charge in [-0.15, -0.1) is 0 Å². The number of rotatable bonds is 3. The molecule has 1 aromatic carbocycles. The van der Waals surface area contributed by atoms with E-state index in [4.69, 9.17) is 5.73 Å². The van der Waals surface area contributed by atoms with E-state index in [1.807, 2.05) is 0 Å². The molecule has 0 amide bonds. The Kier molecular flexibility index (Phi) is 3.79. The molecule has 0 aromatic heterocycles. The first-order valence-electron chi connectivity index (χ1n) is 6.80. The largest absolute Gasteiger partial charge is 0.397 e. The van der Waals surface area contributed by atoms with Gasteiger partial charge in [-0.25, -0.2) is 4.39 Å². The van der Waals surface area contributed by atoms with Gasteiger partial charge in [0.1, 0.15) is 5.82 Å². The van der Waals surface area contributed by atoms with Crippen LogP contribution in [-0.4, -0.2) is 6.54 Å². The second-order valence-electron chi connectivity index (χ2n) is 5.91. The number of halogens is 1. The summed E-state index contributed by atoms with van der Waals surface area (Å²) in [4.78, 5) is 0. The molecule has 1 fully saturated rings. The Hall–Kier alpha value is -1.25. The fraction of sp³-hybridized carbons (Fsp3) is 0.600. The molecule has 3 N–H and O–H groups in total. The van der Waals surface area contributed by atoms with Crippen molar-refractivity contribution < 1.29 is 4.39 Å². The lowest BCUT2D eigenvalue weighted by Gasteiger charge is -2.34. The fourth-order valence-corrected chi connectivity index (χ4v) is 2.74. The third-order valence-electron chi connectivity index (χ3n) is 4.10. The van der Waals surface area contributed by atoms with Crippen LogP contribution in [-0.2, 0) is 0 Å². The predicted octanol–water partition coefficient (Wildman–Crippen LogP) is 4.10. The first-order chi connectivity index (χ1) is 8.50. The molecule has 0 unspecified atom stereocenters. The van der Waals surface area contributed by atoms with Crippen LogP contribution in [0.3, 0.4) is 0 Å². The van der Waals surface area contributed by atoms with Crippen molar-refractivity contribution in [2.45, 2.75) is 46.0 Å². The average Bonchev–Trinajstić information content (AvgIpc) is 2.33. The highest BCUT2D eigenvalue weighted by molar-refractivity contribution is 5.67. The molecule has 0 atom stereocenters. The predicted molar refractivity (Wildman–Crippen MR) is 75.2 cm³/mol. The molecule has 1 aliphatic rings. The van der Waals surface area contributed by atoms with Crippen LogP contribution >= 0.6 is 0 Å². The molecule has 100 valence electrons. The molecule has 0 heterocycles. The quantitative estimate of drug-likeness (QED) is 0.793. The highest BCUT2D eigenvalue weighted by Gasteiger charge is 2.26. The zero-order valence-corrected chi connectivity index (χ0v) is 11.4. The van der Waals surface area contributed by atoms with E-state index in [1.54, 1.807) is 13.0 Å². The van der Waals surface area contributed by atoms with Gasteiger partial charge in [0.2, 0.25) is 0 Å². The van der Waals surface area contributed by atoms with Crippen molar-refractivity contribution in [2.24, 2.45) is 5.41 Å². The van der Waals surface area contributed by atoms with Crippen LogP contribution in [0.1, 0.15) is 44.6 Å². The summed E-state index contributed by atoms with van der Waals surface area (Å²) in [5, 5.41) is 3.40. The van der Waals surface area contributed by atoms with Crippen LogP contribution in [0.25, 0.3) is 0 Å². The van der Waals surface area contributed by atoms with Gasteiger partial charge in [0, 0.05) is 6.54 Å². The summed E-state index contributed by atoms with van der Waals surface area (Å²) in [6, 6.07) is 3.21. The lowest BCUT2D eigenvalue weighted by molar-refractivity contribution is 0.233. The number of anilines is 2.